The number of aromatic nitrogens is 2. The summed E-state index contributed by atoms with van der Waals surface area (Å²) in [6, 6.07) is 0. The summed E-state index contributed by atoms with van der Waals surface area (Å²) in [6.07, 6.45) is 4.22. The maximum absolute atomic E-state index is 12.7. The van der Waals surface area contributed by atoms with E-state index in [9.17, 15) is 9.59 Å². The molecule has 2 rings (SSSR count). The van der Waals surface area contributed by atoms with E-state index >= 15 is 0 Å². The Balaban J connectivity index is 2.12. The van der Waals surface area contributed by atoms with Gasteiger partial charge in [-0.2, -0.15) is 0 Å². The summed E-state index contributed by atoms with van der Waals surface area (Å²) in [6.45, 7) is 8.13. The molecule has 0 saturated heterocycles. The van der Waals surface area contributed by atoms with Crippen molar-refractivity contribution in [3.05, 3.63) is 26.6 Å². The maximum Gasteiger partial charge on any atom is 0.326 e. The van der Waals surface area contributed by atoms with Gasteiger partial charge in [0.2, 0.25) is 0 Å². The number of esters is 1. The molecule has 0 atom stereocenters. The third kappa shape index (κ3) is 3.99. The molecule has 2 heterocycles. The molecule has 0 aliphatic rings. The number of fused-ring (bicyclic) bond motifs is 1. The van der Waals surface area contributed by atoms with Gasteiger partial charge in [0.25, 0.3) is 5.56 Å². The Bertz CT molecular complexity index is 761. The zero-order chi connectivity index (χ0) is 17.0. The van der Waals surface area contributed by atoms with Crippen molar-refractivity contribution in [2.24, 2.45) is 0 Å². The topological polar surface area (TPSA) is 61.2 Å². The minimum Gasteiger partial charge on any atom is -0.464 e. The molecule has 0 bridgehead atoms. The lowest BCUT2D eigenvalue weighted by molar-refractivity contribution is -0.144. The van der Waals surface area contributed by atoms with E-state index in [1.165, 1.54) is 15.9 Å². The second-order valence-electron chi connectivity index (χ2n) is 5.79. The number of hydrogen-bond donors (Lipinski definition) is 0. The van der Waals surface area contributed by atoms with Crippen LogP contribution in [0.25, 0.3) is 10.2 Å². The smallest absolute Gasteiger partial charge is 0.326 e. The Morgan fingerprint density at radius 3 is 2.65 bits per heavy atom. The first-order chi connectivity index (χ1) is 11.0. The van der Waals surface area contributed by atoms with Gasteiger partial charge in [-0.1, -0.05) is 26.2 Å². The normalized spacial score (nSPS) is 11.1. The fraction of sp³-hybridized carbons (Fsp3) is 0.588. The van der Waals surface area contributed by atoms with E-state index < -0.39 is 0 Å². The van der Waals surface area contributed by atoms with Gasteiger partial charge < -0.3 is 4.74 Å². The van der Waals surface area contributed by atoms with Crippen LogP contribution >= 0.6 is 11.3 Å². The van der Waals surface area contributed by atoms with E-state index in [1.54, 1.807) is 6.92 Å². The summed E-state index contributed by atoms with van der Waals surface area (Å²) in [5.41, 5.74) is 0.793. The molecule has 0 aliphatic heterocycles. The summed E-state index contributed by atoms with van der Waals surface area (Å²) in [5.74, 6) is 0.170. The Labute approximate surface area is 140 Å². The van der Waals surface area contributed by atoms with Crippen LogP contribution < -0.4 is 5.56 Å². The number of carbonyl (C=O) groups is 1. The van der Waals surface area contributed by atoms with Crippen molar-refractivity contribution < 1.29 is 9.53 Å². The Hall–Kier alpha value is -1.69. The van der Waals surface area contributed by atoms with Crippen LogP contribution in [0.3, 0.4) is 0 Å². The van der Waals surface area contributed by atoms with Gasteiger partial charge in [0.15, 0.2) is 0 Å². The van der Waals surface area contributed by atoms with Crippen LogP contribution in [0.5, 0.6) is 0 Å². The Morgan fingerprint density at radius 1 is 1.22 bits per heavy atom. The van der Waals surface area contributed by atoms with Gasteiger partial charge in [-0.15, -0.1) is 11.3 Å². The van der Waals surface area contributed by atoms with Gasteiger partial charge in [-0.05, 0) is 32.8 Å². The van der Waals surface area contributed by atoms with E-state index in [4.69, 9.17) is 4.74 Å². The first-order valence-electron chi connectivity index (χ1n) is 8.08. The number of carbonyl (C=O) groups excluding carboxylic acids is 1. The minimum atomic E-state index is -0.377. The van der Waals surface area contributed by atoms with Crippen LogP contribution in [0.4, 0.5) is 0 Å². The predicted molar refractivity (Wildman–Crippen MR) is 93.2 cm³/mol. The predicted octanol–water partition coefficient (Wildman–Crippen LogP) is 3.51. The summed E-state index contributed by atoms with van der Waals surface area (Å²) in [7, 11) is 0. The number of thiophene rings is 1. The average molecular weight is 336 g/mol. The molecular weight excluding hydrogens is 312 g/mol. The van der Waals surface area contributed by atoms with Crippen LogP contribution in [0.15, 0.2) is 4.79 Å². The van der Waals surface area contributed by atoms with Gasteiger partial charge in [0, 0.05) is 4.88 Å². The number of nitrogens with zero attached hydrogens (tertiary/aromatic N) is 2. The van der Waals surface area contributed by atoms with Crippen LogP contribution in [0.2, 0.25) is 0 Å². The van der Waals surface area contributed by atoms with Crippen LogP contribution in [0, 0.1) is 20.8 Å². The third-order valence-corrected chi connectivity index (χ3v) is 5.13. The fourth-order valence-electron chi connectivity index (χ4n) is 2.50. The second-order valence-corrected chi connectivity index (χ2v) is 7.00. The van der Waals surface area contributed by atoms with Crippen molar-refractivity contribution in [2.75, 3.05) is 6.61 Å². The molecular formula is C17H24N2O3S. The fourth-order valence-corrected chi connectivity index (χ4v) is 3.57. The molecule has 0 spiro atoms. The molecule has 6 heteroatoms. The highest BCUT2D eigenvalue weighted by Gasteiger charge is 2.16. The lowest BCUT2D eigenvalue weighted by Gasteiger charge is -2.09. The quantitative estimate of drug-likeness (QED) is 0.573. The highest BCUT2D eigenvalue weighted by molar-refractivity contribution is 7.18. The van der Waals surface area contributed by atoms with Crippen molar-refractivity contribution in [3.8, 4) is 0 Å². The van der Waals surface area contributed by atoms with Gasteiger partial charge >= 0.3 is 5.97 Å². The molecule has 126 valence electrons. The zero-order valence-electron chi connectivity index (χ0n) is 14.3. The molecule has 0 radical (unpaired) electrons. The van der Waals surface area contributed by atoms with E-state index in [0.717, 1.165) is 41.0 Å². The monoisotopic (exact) mass is 336 g/mol. The van der Waals surface area contributed by atoms with Gasteiger partial charge in [-0.25, -0.2) is 4.98 Å². The molecule has 2 aromatic heterocycles. The molecule has 2 aromatic rings. The average Bonchev–Trinajstić information content (AvgIpc) is 2.78. The summed E-state index contributed by atoms with van der Waals surface area (Å²) < 4.78 is 6.64. The summed E-state index contributed by atoms with van der Waals surface area (Å²) >= 11 is 1.52. The lowest BCUT2D eigenvalue weighted by Crippen LogP contribution is -2.28. The van der Waals surface area contributed by atoms with Crippen LogP contribution in [-0.2, 0) is 16.1 Å². The third-order valence-electron chi connectivity index (χ3n) is 4.03. The SMILES string of the molecule is CCCCCCOC(=O)Cn1c(C)nc2sc(C)c(C)c2c1=O. The lowest BCUT2D eigenvalue weighted by atomic mass is 10.2. The second kappa shape index (κ2) is 7.73. The van der Waals surface area contributed by atoms with Crippen LogP contribution in [0.1, 0.15) is 48.9 Å². The van der Waals surface area contributed by atoms with Gasteiger partial charge in [0.1, 0.15) is 17.2 Å². The molecule has 0 amide bonds. The molecule has 0 aliphatic carbocycles. The van der Waals surface area contributed by atoms with Crippen molar-refractivity contribution >= 4 is 27.5 Å². The molecule has 0 aromatic carbocycles. The highest BCUT2D eigenvalue weighted by atomic mass is 32.1. The van der Waals surface area contributed by atoms with Crippen molar-refractivity contribution in [1.29, 1.82) is 0 Å². The number of hydrogen-bond acceptors (Lipinski definition) is 5. The summed E-state index contributed by atoms with van der Waals surface area (Å²) in [4.78, 5) is 30.9. The molecule has 0 unspecified atom stereocenters. The Kier molecular flexibility index (Phi) is 5.93. The molecule has 0 fully saturated rings. The van der Waals surface area contributed by atoms with E-state index in [0.29, 0.717) is 17.8 Å². The number of rotatable bonds is 7. The highest BCUT2D eigenvalue weighted by Crippen LogP contribution is 2.26. The van der Waals surface area contributed by atoms with Crippen LogP contribution in [-0.4, -0.2) is 22.1 Å². The molecule has 0 N–H and O–H groups in total. The zero-order valence-corrected chi connectivity index (χ0v) is 15.1. The van der Waals surface area contributed by atoms with Gasteiger partial charge in [0.05, 0.1) is 12.0 Å². The number of unbranched alkanes of at least 4 members (excludes halogenated alkanes) is 3. The number of aryl methyl sites for hydroxylation is 3. The molecule has 5 nitrogen and oxygen atoms in total. The van der Waals surface area contributed by atoms with Crippen molar-refractivity contribution in [3.63, 3.8) is 0 Å². The molecule has 23 heavy (non-hydrogen) atoms. The van der Waals surface area contributed by atoms with Crippen molar-refractivity contribution in [2.45, 2.75) is 59.9 Å². The van der Waals surface area contributed by atoms with E-state index in [-0.39, 0.29) is 18.1 Å². The van der Waals surface area contributed by atoms with E-state index in [1.807, 2.05) is 13.8 Å². The molecule has 0 saturated carbocycles. The Morgan fingerprint density at radius 2 is 1.96 bits per heavy atom. The summed E-state index contributed by atoms with van der Waals surface area (Å²) in [5, 5.41) is 0.619. The standard InChI is InChI=1S/C17H24N2O3S/c1-5-6-7-8-9-22-14(20)10-19-13(4)18-16-15(17(19)21)11(2)12(3)23-16/h5-10H2,1-4H3. The first-order valence-corrected chi connectivity index (χ1v) is 8.90. The minimum absolute atomic E-state index is 0.0737. The number of ether oxygens (including phenoxy) is 1. The van der Waals surface area contributed by atoms with Gasteiger partial charge in [-0.3, -0.25) is 14.2 Å². The maximum atomic E-state index is 12.7. The van der Waals surface area contributed by atoms with Crippen molar-refractivity contribution in [1.82, 2.24) is 9.55 Å². The first kappa shape index (κ1) is 17.7. The van der Waals surface area contributed by atoms with E-state index in [2.05, 4.69) is 11.9 Å². The largest absolute Gasteiger partial charge is 0.464 e.